The van der Waals surface area contributed by atoms with Gasteiger partial charge in [-0.3, -0.25) is 12.2 Å². The molecule has 0 aromatic heterocycles. The van der Waals surface area contributed by atoms with Crippen molar-refractivity contribution in [3.63, 3.8) is 0 Å². The van der Waals surface area contributed by atoms with Gasteiger partial charge in [-0.1, -0.05) is 78.4 Å². The van der Waals surface area contributed by atoms with Crippen molar-refractivity contribution in [1.82, 2.24) is 0 Å². The van der Waals surface area contributed by atoms with E-state index in [0.29, 0.717) is 0 Å². The van der Waals surface area contributed by atoms with Gasteiger partial charge in [-0.2, -0.15) is 57.3 Å². The number of allylic oxidation sites excluding steroid dienone is 8. The van der Waals surface area contributed by atoms with Crippen molar-refractivity contribution in [2.24, 2.45) is 10.8 Å². The Bertz CT molecular complexity index is 1340. The Hall–Kier alpha value is -1.03. The van der Waals surface area contributed by atoms with E-state index in [4.69, 9.17) is 0 Å². The average Bonchev–Trinajstić information content (AvgIpc) is 3.63. The molecule has 0 radical (unpaired) electrons. The molecule has 4 aromatic rings. The van der Waals surface area contributed by atoms with Crippen molar-refractivity contribution in [3.05, 3.63) is 131 Å². The smallest absolute Gasteiger partial charge is 1.00 e. The van der Waals surface area contributed by atoms with E-state index in [0.717, 1.165) is 0 Å². The van der Waals surface area contributed by atoms with Crippen LogP contribution < -0.4 is 24.8 Å². The predicted molar refractivity (Wildman–Crippen MR) is 168 cm³/mol. The van der Waals surface area contributed by atoms with Crippen LogP contribution in [0.2, 0.25) is 0 Å². The second-order valence-electron chi connectivity index (χ2n) is 11.6. The van der Waals surface area contributed by atoms with E-state index in [9.17, 15) is 0 Å². The Labute approximate surface area is 306 Å². The SMILES string of the molecule is CC1=[C-]C(C)(C)C(C)=C1C.CC1=[C-]C(C)(C)C(C)=C1C.[Cl-].[Cl-].[Zr+2].[Zr+2].c1ccc2[cH-]ccc2c1.c1ccc2[cH-]ccc2c1. The largest absolute Gasteiger partial charge is 2.00 e. The fourth-order valence-electron chi connectivity index (χ4n) is 4.95. The van der Waals surface area contributed by atoms with Crippen molar-refractivity contribution >= 4 is 21.5 Å². The molecule has 2 aliphatic carbocycles. The Balaban J connectivity index is 0. The van der Waals surface area contributed by atoms with Gasteiger partial charge >= 0.3 is 52.4 Å². The summed E-state index contributed by atoms with van der Waals surface area (Å²) in [5.74, 6) is 0. The van der Waals surface area contributed by atoms with Gasteiger partial charge in [0.05, 0.1) is 0 Å². The second kappa shape index (κ2) is 18.7. The molecule has 0 saturated heterocycles. The maximum Gasteiger partial charge on any atom is 2.00 e. The molecule has 0 aliphatic heterocycles. The summed E-state index contributed by atoms with van der Waals surface area (Å²) >= 11 is 0. The van der Waals surface area contributed by atoms with Crippen molar-refractivity contribution in [2.75, 3.05) is 0 Å². The van der Waals surface area contributed by atoms with Crippen LogP contribution in [0.1, 0.15) is 69.2 Å². The van der Waals surface area contributed by atoms with E-state index in [-0.39, 0.29) is 88.1 Å². The van der Waals surface area contributed by atoms with Gasteiger partial charge in [0.25, 0.3) is 0 Å². The summed E-state index contributed by atoms with van der Waals surface area (Å²) in [5.41, 5.74) is 8.79. The number of rotatable bonds is 0. The number of halogens is 2. The van der Waals surface area contributed by atoms with Gasteiger partial charge in [0.2, 0.25) is 0 Å². The van der Waals surface area contributed by atoms with Crippen LogP contribution in [0.3, 0.4) is 0 Å². The molecule has 0 saturated carbocycles. The second-order valence-corrected chi connectivity index (χ2v) is 11.6. The van der Waals surface area contributed by atoms with Crippen LogP contribution in [0.15, 0.2) is 118 Å². The Morgan fingerprint density at radius 3 is 1.02 bits per heavy atom. The number of benzene rings is 2. The predicted octanol–water partition coefficient (Wildman–Crippen LogP) is 5.34. The molecular weight excluding hydrogens is 710 g/mol. The monoisotopic (exact) mass is 750 g/mol. The van der Waals surface area contributed by atoms with Crippen molar-refractivity contribution < 1.29 is 77.2 Å². The van der Waals surface area contributed by atoms with E-state index >= 15 is 0 Å². The van der Waals surface area contributed by atoms with E-state index in [1.807, 2.05) is 0 Å². The van der Waals surface area contributed by atoms with Gasteiger partial charge in [-0.05, 0) is 0 Å². The van der Waals surface area contributed by atoms with Gasteiger partial charge in [-0.15, -0.1) is 73.2 Å². The van der Waals surface area contributed by atoms with Crippen LogP contribution in [0.4, 0.5) is 0 Å². The van der Waals surface area contributed by atoms with Crippen LogP contribution in [0, 0.1) is 23.0 Å². The summed E-state index contributed by atoms with van der Waals surface area (Å²) in [5, 5.41) is 5.32. The maximum absolute atomic E-state index is 3.44. The van der Waals surface area contributed by atoms with Crippen molar-refractivity contribution in [2.45, 2.75) is 69.2 Å². The zero-order chi connectivity index (χ0) is 28.1. The Morgan fingerprint density at radius 1 is 0.500 bits per heavy atom. The van der Waals surface area contributed by atoms with Crippen molar-refractivity contribution in [3.8, 4) is 0 Å². The Morgan fingerprint density at radius 2 is 0.810 bits per heavy atom. The third kappa shape index (κ3) is 11.2. The van der Waals surface area contributed by atoms with Gasteiger partial charge in [0.1, 0.15) is 0 Å². The van der Waals surface area contributed by atoms with Crippen LogP contribution >= 0.6 is 0 Å². The van der Waals surface area contributed by atoms with E-state index in [1.54, 1.807) is 0 Å². The molecule has 0 spiro atoms. The van der Waals surface area contributed by atoms with Gasteiger partial charge in [-0.25, -0.2) is 11.1 Å². The summed E-state index contributed by atoms with van der Waals surface area (Å²) in [6, 6.07) is 29.3. The zero-order valence-electron chi connectivity index (χ0n) is 26.8. The molecule has 0 unspecified atom stereocenters. The Kier molecular flexibility index (Phi) is 19.2. The summed E-state index contributed by atoms with van der Waals surface area (Å²) in [4.78, 5) is 0. The summed E-state index contributed by atoms with van der Waals surface area (Å²) in [7, 11) is 0. The minimum absolute atomic E-state index is 0. The normalized spacial score (nSPS) is 15.6. The molecule has 4 heteroatoms. The average molecular weight is 754 g/mol. The molecule has 0 heterocycles. The fourth-order valence-corrected chi connectivity index (χ4v) is 4.95. The van der Waals surface area contributed by atoms with E-state index in [1.165, 1.54) is 55.0 Å². The molecule has 220 valence electrons. The molecule has 0 fully saturated rings. The summed E-state index contributed by atoms with van der Waals surface area (Å²) < 4.78 is 0. The third-order valence-corrected chi connectivity index (χ3v) is 8.22. The first-order chi connectivity index (χ1) is 17.8. The first kappa shape index (κ1) is 43.1. The minimum atomic E-state index is 0. The van der Waals surface area contributed by atoms with Gasteiger partial charge in [0.15, 0.2) is 0 Å². The van der Waals surface area contributed by atoms with E-state index in [2.05, 4.69) is 166 Å². The molecule has 0 N–H and O–H groups in total. The molecule has 0 amide bonds. The summed E-state index contributed by atoms with van der Waals surface area (Å²) in [6.45, 7) is 21.8. The molecule has 2 aliphatic rings. The first-order valence-electron chi connectivity index (χ1n) is 13.6. The van der Waals surface area contributed by atoms with Crippen LogP contribution in [0.5, 0.6) is 0 Å². The molecule has 0 nitrogen and oxygen atoms in total. The maximum atomic E-state index is 3.44. The van der Waals surface area contributed by atoms with Gasteiger partial charge in [0, 0.05) is 0 Å². The molecular formula is C38H44Cl2Zr2-2. The first-order valence-corrected chi connectivity index (χ1v) is 13.6. The molecule has 4 aromatic carbocycles. The molecule has 0 bridgehead atoms. The fraction of sp³-hybridized carbons (Fsp3) is 0.316. The van der Waals surface area contributed by atoms with E-state index < -0.39 is 0 Å². The topological polar surface area (TPSA) is 0 Å². The number of fused-ring (bicyclic) bond motifs is 2. The third-order valence-electron chi connectivity index (χ3n) is 8.22. The molecule has 0 atom stereocenters. The minimum Gasteiger partial charge on any atom is -1.00 e. The van der Waals surface area contributed by atoms with Crippen LogP contribution in [0.25, 0.3) is 21.5 Å². The zero-order valence-corrected chi connectivity index (χ0v) is 33.3. The standard InChI is InChI=1S/2C10H15.2C9H7.2ClH.2Zr/c2*1-7-6-10(4,5)9(3)8(7)2;2*1-2-5-9-7-3-6-8(9)4-1;;;;/h2*1-5H3;2*1-7H;2*1H;;/q4*-1;;;2*+2/p-2. The summed E-state index contributed by atoms with van der Waals surface area (Å²) in [6.07, 6.45) is 6.87. The van der Waals surface area contributed by atoms with Crippen molar-refractivity contribution in [1.29, 1.82) is 0 Å². The van der Waals surface area contributed by atoms with Crippen LogP contribution in [-0.4, -0.2) is 0 Å². The number of hydrogen-bond acceptors (Lipinski definition) is 0. The molecule has 42 heavy (non-hydrogen) atoms. The number of hydrogen-bond donors (Lipinski definition) is 0. The van der Waals surface area contributed by atoms with Gasteiger partial charge < -0.3 is 24.8 Å². The molecule has 6 rings (SSSR count). The van der Waals surface area contributed by atoms with Crippen LogP contribution in [-0.2, 0) is 52.4 Å². The quantitative estimate of drug-likeness (QED) is 0.213.